The van der Waals surface area contributed by atoms with Crippen molar-refractivity contribution in [2.45, 2.75) is 45.7 Å². The number of aromatic nitrogens is 2. The van der Waals surface area contributed by atoms with Crippen molar-refractivity contribution in [1.29, 1.82) is 0 Å². The normalized spacial score (nSPS) is 22.7. The molecule has 19 heavy (non-hydrogen) atoms. The van der Waals surface area contributed by atoms with Crippen molar-refractivity contribution in [3.05, 3.63) is 15.8 Å². The van der Waals surface area contributed by atoms with Crippen LogP contribution >= 0.6 is 0 Å². The van der Waals surface area contributed by atoms with Gasteiger partial charge in [-0.1, -0.05) is 6.92 Å². The fraction of sp³-hybridized carbons (Fsp3) is 0.750. The summed E-state index contributed by atoms with van der Waals surface area (Å²) < 4.78 is 7.07. The van der Waals surface area contributed by atoms with E-state index in [1.165, 1.54) is 0 Å². The zero-order chi connectivity index (χ0) is 14.0. The molecule has 1 aromatic rings. The lowest BCUT2D eigenvalue weighted by molar-refractivity contribution is -0.384. The molecule has 0 saturated carbocycles. The zero-order valence-electron chi connectivity index (χ0n) is 11.6. The van der Waals surface area contributed by atoms with Crippen LogP contribution in [0.4, 0.5) is 11.5 Å². The van der Waals surface area contributed by atoms with Crippen LogP contribution in [0.1, 0.15) is 32.4 Å². The van der Waals surface area contributed by atoms with Gasteiger partial charge < -0.3 is 10.1 Å². The predicted molar refractivity (Wildman–Crippen MR) is 71.4 cm³/mol. The molecule has 1 N–H and O–H groups in total. The van der Waals surface area contributed by atoms with Crippen LogP contribution in [0, 0.1) is 17.0 Å². The fourth-order valence-corrected chi connectivity index (χ4v) is 2.34. The Hall–Kier alpha value is -1.63. The van der Waals surface area contributed by atoms with E-state index in [-0.39, 0.29) is 16.1 Å². The number of ether oxygens (including phenoxy) is 1. The van der Waals surface area contributed by atoms with Crippen molar-refractivity contribution in [3.63, 3.8) is 0 Å². The number of hydrogen-bond donors (Lipinski definition) is 1. The van der Waals surface area contributed by atoms with Crippen molar-refractivity contribution in [3.8, 4) is 0 Å². The zero-order valence-corrected chi connectivity index (χ0v) is 11.6. The van der Waals surface area contributed by atoms with Crippen LogP contribution in [0.15, 0.2) is 0 Å². The van der Waals surface area contributed by atoms with Crippen molar-refractivity contribution < 1.29 is 9.66 Å². The first-order valence-corrected chi connectivity index (χ1v) is 6.54. The van der Waals surface area contributed by atoms with Crippen LogP contribution in [-0.2, 0) is 11.3 Å². The molecule has 1 saturated heterocycles. The maximum Gasteiger partial charge on any atom is 0.333 e. The molecule has 2 heterocycles. The molecule has 2 rings (SSSR count). The van der Waals surface area contributed by atoms with E-state index in [0.717, 1.165) is 12.8 Å². The first kappa shape index (κ1) is 13.8. The Morgan fingerprint density at radius 2 is 2.37 bits per heavy atom. The van der Waals surface area contributed by atoms with Gasteiger partial charge in [0, 0.05) is 13.2 Å². The van der Waals surface area contributed by atoms with Crippen LogP contribution < -0.4 is 5.32 Å². The summed E-state index contributed by atoms with van der Waals surface area (Å²) in [5, 5.41) is 18.8. The summed E-state index contributed by atoms with van der Waals surface area (Å²) in [6, 6.07) is 0. The summed E-state index contributed by atoms with van der Waals surface area (Å²) in [4.78, 5) is 10.9. The maximum absolute atomic E-state index is 11.2. The highest BCUT2D eigenvalue weighted by atomic mass is 16.6. The van der Waals surface area contributed by atoms with Crippen molar-refractivity contribution in [2.75, 3.05) is 18.5 Å². The topological polar surface area (TPSA) is 82.2 Å². The van der Waals surface area contributed by atoms with E-state index in [4.69, 9.17) is 4.74 Å². The van der Waals surface area contributed by atoms with Gasteiger partial charge in [0.15, 0.2) is 0 Å². The van der Waals surface area contributed by atoms with E-state index in [1.54, 1.807) is 11.6 Å². The molecule has 7 heteroatoms. The second-order valence-corrected chi connectivity index (χ2v) is 5.25. The summed E-state index contributed by atoms with van der Waals surface area (Å²) in [7, 11) is 0. The fourth-order valence-electron chi connectivity index (χ4n) is 2.34. The molecular formula is C12H20N4O3. The van der Waals surface area contributed by atoms with Gasteiger partial charge in [-0.25, -0.2) is 4.68 Å². The predicted octanol–water partition coefficient (Wildman–Crippen LogP) is 2.10. The minimum absolute atomic E-state index is 0.0709. The first-order valence-electron chi connectivity index (χ1n) is 6.54. The lowest BCUT2D eigenvalue weighted by Gasteiger charge is -2.24. The van der Waals surface area contributed by atoms with Gasteiger partial charge in [0.2, 0.25) is 5.82 Å². The lowest BCUT2D eigenvalue weighted by Crippen LogP contribution is -2.36. The molecule has 7 nitrogen and oxygen atoms in total. The van der Waals surface area contributed by atoms with Crippen LogP contribution in [-0.4, -0.2) is 33.5 Å². The Bertz CT molecular complexity index is 478. The number of aryl methyl sites for hydroxylation is 2. The van der Waals surface area contributed by atoms with Crippen molar-refractivity contribution in [2.24, 2.45) is 0 Å². The van der Waals surface area contributed by atoms with Gasteiger partial charge in [-0.05, 0) is 26.7 Å². The van der Waals surface area contributed by atoms with E-state index >= 15 is 0 Å². The molecule has 1 fully saturated rings. The Morgan fingerprint density at radius 1 is 1.63 bits per heavy atom. The first-order chi connectivity index (χ1) is 8.97. The van der Waals surface area contributed by atoms with Gasteiger partial charge in [-0.2, -0.15) is 5.10 Å². The molecule has 1 aromatic heterocycles. The number of nitrogens with one attached hydrogen (secondary N) is 1. The Labute approximate surface area is 112 Å². The average molecular weight is 268 g/mol. The summed E-state index contributed by atoms with van der Waals surface area (Å²) in [5.74, 6) is 0.498. The Balaban J connectivity index is 2.37. The molecule has 1 atom stereocenters. The summed E-state index contributed by atoms with van der Waals surface area (Å²) in [6.07, 6.45) is 1.71. The summed E-state index contributed by atoms with van der Waals surface area (Å²) >= 11 is 0. The minimum Gasteiger partial charge on any atom is -0.379 e. The molecule has 0 aromatic carbocycles. The van der Waals surface area contributed by atoms with E-state index in [1.807, 2.05) is 13.8 Å². The number of hydrogen-bond acceptors (Lipinski definition) is 5. The van der Waals surface area contributed by atoms with E-state index in [2.05, 4.69) is 10.4 Å². The second kappa shape index (κ2) is 5.16. The number of nitrogens with zero attached hydrogens (tertiary/aromatic N) is 3. The summed E-state index contributed by atoms with van der Waals surface area (Å²) in [5.41, 5.74) is 0.257. The third kappa shape index (κ3) is 2.70. The smallest absolute Gasteiger partial charge is 0.333 e. The van der Waals surface area contributed by atoms with Crippen LogP contribution in [0.5, 0.6) is 0 Å². The molecule has 1 aliphatic rings. The van der Waals surface area contributed by atoms with E-state index < -0.39 is 0 Å². The Kier molecular flexibility index (Phi) is 3.75. The molecule has 1 aliphatic heterocycles. The van der Waals surface area contributed by atoms with Crippen LogP contribution in [0.25, 0.3) is 0 Å². The Morgan fingerprint density at radius 3 is 2.89 bits per heavy atom. The largest absolute Gasteiger partial charge is 0.379 e. The van der Waals surface area contributed by atoms with Gasteiger partial charge in [0.05, 0.1) is 17.1 Å². The summed E-state index contributed by atoms with van der Waals surface area (Å²) in [6.45, 7) is 7.60. The molecule has 0 amide bonds. The molecule has 0 bridgehead atoms. The molecule has 0 spiro atoms. The highest BCUT2D eigenvalue weighted by molar-refractivity contribution is 5.60. The van der Waals surface area contributed by atoms with Crippen LogP contribution in [0.2, 0.25) is 0 Å². The number of rotatable bonds is 5. The minimum atomic E-state index is -0.365. The molecule has 106 valence electrons. The molecule has 0 aliphatic carbocycles. The standard InChI is InChI=1S/C12H20N4O3/c1-4-6-15-11(10(16(17)18)9(2)14-15)13-12(3)5-7-19-8-12/h13H,4-8H2,1-3H3. The van der Waals surface area contributed by atoms with Gasteiger partial charge >= 0.3 is 5.69 Å². The van der Waals surface area contributed by atoms with Gasteiger partial charge in [0.25, 0.3) is 0 Å². The van der Waals surface area contributed by atoms with E-state index in [0.29, 0.717) is 31.3 Å². The quantitative estimate of drug-likeness (QED) is 0.653. The monoisotopic (exact) mass is 268 g/mol. The number of nitro groups is 1. The van der Waals surface area contributed by atoms with Gasteiger partial charge in [-0.15, -0.1) is 0 Å². The number of anilines is 1. The molecular weight excluding hydrogens is 248 g/mol. The van der Waals surface area contributed by atoms with E-state index in [9.17, 15) is 10.1 Å². The highest BCUT2D eigenvalue weighted by Crippen LogP contribution is 2.33. The average Bonchev–Trinajstić information content (AvgIpc) is 2.85. The SMILES string of the molecule is CCCn1nc(C)c([N+](=O)[O-])c1NC1(C)CCOC1. The molecule has 0 radical (unpaired) electrons. The molecule has 1 unspecified atom stereocenters. The lowest BCUT2D eigenvalue weighted by atomic mass is 10.0. The van der Waals surface area contributed by atoms with Gasteiger partial charge in [0.1, 0.15) is 5.69 Å². The highest BCUT2D eigenvalue weighted by Gasteiger charge is 2.35. The van der Waals surface area contributed by atoms with Crippen molar-refractivity contribution >= 4 is 11.5 Å². The maximum atomic E-state index is 11.2. The second-order valence-electron chi connectivity index (χ2n) is 5.25. The van der Waals surface area contributed by atoms with Crippen LogP contribution in [0.3, 0.4) is 0 Å². The third-order valence-corrected chi connectivity index (χ3v) is 3.35. The van der Waals surface area contributed by atoms with Gasteiger partial charge in [-0.3, -0.25) is 10.1 Å². The van der Waals surface area contributed by atoms with Crippen molar-refractivity contribution in [1.82, 2.24) is 9.78 Å². The third-order valence-electron chi connectivity index (χ3n) is 3.35.